The van der Waals surface area contributed by atoms with E-state index >= 15 is 0 Å². The number of carbonyl (C=O) groups excluding carboxylic acids is 2. The Morgan fingerprint density at radius 2 is 2.03 bits per heavy atom. The molecule has 2 amide bonds. The summed E-state index contributed by atoms with van der Waals surface area (Å²) in [6, 6.07) is 12.4. The van der Waals surface area contributed by atoms with Crippen molar-refractivity contribution in [2.24, 2.45) is 5.92 Å². The highest BCUT2D eigenvalue weighted by molar-refractivity contribution is 5.98. The molecule has 0 spiro atoms. The lowest BCUT2D eigenvalue weighted by Crippen LogP contribution is -2.50. The van der Waals surface area contributed by atoms with Crippen molar-refractivity contribution in [3.05, 3.63) is 78.0 Å². The lowest BCUT2D eigenvalue weighted by molar-refractivity contribution is 0.0312. The van der Waals surface area contributed by atoms with E-state index in [1.807, 2.05) is 6.92 Å². The van der Waals surface area contributed by atoms with Crippen LogP contribution in [0.2, 0.25) is 0 Å². The molecule has 1 aliphatic rings. The lowest BCUT2D eigenvalue weighted by atomic mass is 9.99. The summed E-state index contributed by atoms with van der Waals surface area (Å²) in [5.41, 5.74) is 1.68. The number of rotatable bonds is 6. The SMILES string of the molecule is C[C@H](CO)N1C[C@H](C)[C@H](CN(C)C(=O)c2ccccn2)Oc2ncc(-c3cccc(F)c3)cc2C1=O. The van der Waals surface area contributed by atoms with Crippen LogP contribution in [0.1, 0.15) is 34.7 Å². The maximum atomic E-state index is 13.8. The Bertz CT molecular complexity index is 1240. The van der Waals surface area contributed by atoms with Gasteiger partial charge in [0.2, 0.25) is 5.88 Å². The van der Waals surface area contributed by atoms with Crippen LogP contribution in [0.4, 0.5) is 4.39 Å². The second kappa shape index (κ2) is 10.8. The number of aliphatic hydroxyl groups is 1. The van der Waals surface area contributed by atoms with Crippen LogP contribution >= 0.6 is 0 Å². The van der Waals surface area contributed by atoms with E-state index in [1.165, 1.54) is 23.2 Å². The minimum absolute atomic E-state index is 0.130. The number of likely N-dealkylation sites (N-methyl/N-ethyl adjacent to an activating group) is 1. The van der Waals surface area contributed by atoms with Gasteiger partial charge in [-0.25, -0.2) is 9.37 Å². The Labute approximate surface area is 209 Å². The van der Waals surface area contributed by atoms with E-state index in [0.29, 0.717) is 23.4 Å². The molecule has 0 fully saturated rings. The zero-order chi connectivity index (χ0) is 25.8. The molecule has 3 atom stereocenters. The fraction of sp³-hybridized carbons (Fsp3) is 0.333. The van der Waals surface area contributed by atoms with Crippen LogP contribution in [0, 0.1) is 11.7 Å². The normalized spacial score (nSPS) is 18.5. The van der Waals surface area contributed by atoms with Crippen LogP contribution in [-0.4, -0.2) is 75.6 Å². The smallest absolute Gasteiger partial charge is 0.272 e. The molecule has 8 nitrogen and oxygen atoms in total. The third-order valence-electron chi connectivity index (χ3n) is 6.36. The van der Waals surface area contributed by atoms with Gasteiger partial charge >= 0.3 is 0 Å². The minimum Gasteiger partial charge on any atom is -0.472 e. The number of carbonyl (C=O) groups is 2. The van der Waals surface area contributed by atoms with Gasteiger partial charge in [-0.15, -0.1) is 0 Å². The molecule has 1 aromatic carbocycles. The summed E-state index contributed by atoms with van der Waals surface area (Å²) in [6.45, 7) is 4.02. The monoisotopic (exact) mass is 492 g/mol. The van der Waals surface area contributed by atoms with Gasteiger partial charge < -0.3 is 19.6 Å². The maximum Gasteiger partial charge on any atom is 0.272 e. The Balaban J connectivity index is 1.69. The lowest BCUT2D eigenvalue weighted by Gasteiger charge is -2.37. The molecule has 0 unspecified atom stereocenters. The molecule has 3 heterocycles. The zero-order valence-electron chi connectivity index (χ0n) is 20.5. The van der Waals surface area contributed by atoms with Crippen molar-refractivity contribution < 1.29 is 23.8 Å². The molecular formula is C27H29FN4O4. The van der Waals surface area contributed by atoms with E-state index in [1.54, 1.807) is 61.5 Å². The predicted octanol–water partition coefficient (Wildman–Crippen LogP) is 3.28. The highest BCUT2D eigenvalue weighted by Crippen LogP contribution is 2.30. The summed E-state index contributed by atoms with van der Waals surface area (Å²) in [5.74, 6) is -1.03. The molecule has 188 valence electrons. The van der Waals surface area contributed by atoms with Crippen LogP contribution in [0.15, 0.2) is 60.9 Å². The van der Waals surface area contributed by atoms with Crippen molar-refractivity contribution in [1.82, 2.24) is 19.8 Å². The average molecular weight is 493 g/mol. The van der Waals surface area contributed by atoms with E-state index in [-0.39, 0.29) is 42.3 Å². The largest absolute Gasteiger partial charge is 0.472 e. The first kappa shape index (κ1) is 25.2. The first-order chi connectivity index (χ1) is 17.3. The third-order valence-corrected chi connectivity index (χ3v) is 6.36. The van der Waals surface area contributed by atoms with Gasteiger partial charge in [-0.3, -0.25) is 14.6 Å². The van der Waals surface area contributed by atoms with Crippen molar-refractivity contribution in [3.63, 3.8) is 0 Å². The fourth-order valence-electron chi connectivity index (χ4n) is 4.18. The highest BCUT2D eigenvalue weighted by Gasteiger charge is 2.35. The summed E-state index contributed by atoms with van der Waals surface area (Å²) in [4.78, 5) is 38.1. The highest BCUT2D eigenvalue weighted by atomic mass is 19.1. The van der Waals surface area contributed by atoms with Gasteiger partial charge in [-0.2, -0.15) is 0 Å². The molecular weight excluding hydrogens is 463 g/mol. The summed E-state index contributed by atoms with van der Waals surface area (Å²) >= 11 is 0. The Kier molecular flexibility index (Phi) is 7.59. The van der Waals surface area contributed by atoms with Gasteiger partial charge in [0.1, 0.15) is 23.2 Å². The van der Waals surface area contributed by atoms with E-state index in [2.05, 4.69) is 9.97 Å². The second-order valence-electron chi connectivity index (χ2n) is 9.11. The average Bonchev–Trinajstić information content (AvgIpc) is 2.90. The number of amides is 2. The Morgan fingerprint density at radius 3 is 2.72 bits per heavy atom. The number of aromatic nitrogens is 2. The van der Waals surface area contributed by atoms with Crippen LogP contribution in [0.25, 0.3) is 11.1 Å². The molecule has 4 rings (SSSR count). The summed E-state index contributed by atoms with van der Waals surface area (Å²) in [7, 11) is 1.67. The van der Waals surface area contributed by atoms with Crippen molar-refractivity contribution in [1.29, 1.82) is 0 Å². The summed E-state index contributed by atoms with van der Waals surface area (Å²) < 4.78 is 20.1. The quantitative estimate of drug-likeness (QED) is 0.568. The topological polar surface area (TPSA) is 95.9 Å². The molecule has 9 heteroatoms. The van der Waals surface area contributed by atoms with Crippen molar-refractivity contribution in [2.75, 3.05) is 26.7 Å². The van der Waals surface area contributed by atoms with Crippen molar-refractivity contribution >= 4 is 11.8 Å². The van der Waals surface area contributed by atoms with Gasteiger partial charge in [-0.1, -0.05) is 25.1 Å². The molecule has 36 heavy (non-hydrogen) atoms. The molecule has 0 bridgehead atoms. The second-order valence-corrected chi connectivity index (χ2v) is 9.11. The number of hydrogen-bond donors (Lipinski definition) is 1. The Morgan fingerprint density at radius 1 is 1.22 bits per heavy atom. The van der Waals surface area contributed by atoms with Gasteiger partial charge in [0.05, 0.1) is 19.2 Å². The van der Waals surface area contributed by atoms with Gasteiger partial charge in [0.25, 0.3) is 11.8 Å². The number of nitrogens with zero attached hydrogens (tertiary/aromatic N) is 4. The standard InChI is InChI=1S/C27H29FN4O4/c1-17-14-32(18(2)16-33)26(34)22-12-20(19-7-6-8-21(28)11-19)13-30-25(22)36-24(17)15-31(3)27(35)23-9-4-5-10-29-23/h4-13,17-18,24,33H,14-16H2,1-3H3/t17-,18+,24-/m0/s1. The number of aliphatic hydroxyl groups excluding tert-OH is 1. The number of halogens is 1. The van der Waals surface area contributed by atoms with Gasteiger partial charge in [0.15, 0.2) is 0 Å². The first-order valence-electron chi connectivity index (χ1n) is 11.8. The number of hydrogen-bond acceptors (Lipinski definition) is 6. The van der Waals surface area contributed by atoms with Crippen LogP contribution in [-0.2, 0) is 0 Å². The maximum absolute atomic E-state index is 13.8. The van der Waals surface area contributed by atoms with Crippen molar-refractivity contribution in [3.8, 4) is 17.0 Å². The minimum atomic E-state index is -0.490. The Hall–Kier alpha value is -3.85. The van der Waals surface area contributed by atoms with Crippen molar-refractivity contribution in [2.45, 2.75) is 26.0 Å². The van der Waals surface area contributed by atoms with E-state index in [0.717, 1.165) is 0 Å². The van der Waals surface area contributed by atoms with Crippen LogP contribution in [0.3, 0.4) is 0 Å². The molecule has 0 radical (unpaired) electrons. The molecule has 1 aliphatic heterocycles. The van der Waals surface area contributed by atoms with Gasteiger partial charge in [-0.05, 0) is 42.8 Å². The number of benzene rings is 1. The fourth-order valence-corrected chi connectivity index (χ4v) is 4.18. The predicted molar refractivity (Wildman–Crippen MR) is 132 cm³/mol. The first-order valence-corrected chi connectivity index (χ1v) is 11.8. The number of fused-ring (bicyclic) bond motifs is 1. The number of pyridine rings is 2. The third kappa shape index (κ3) is 5.36. The van der Waals surface area contributed by atoms with E-state index in [9.17, 15) is 19.1 Å². The van der Waals surface area contributed by atoms with Crippen LogP contribution in [0.5, 0.6) is 5.88 Å². The number of ether oxygens (including phenoxy) is 1. The summed E-state index contributed by atoms with van der Waals surface area (Å²) in [6.07, 6.45) is 2.61. The molecule has 0 saturated carbocycles. The van der Waals surface area contributed by atoms with Crippen LogP contribution < -0.4 is 4.74 Å². The molecule has 3 aromatic rings. The molecule has 0 aliphatic carbocycles. The zero-order valence-corrected chi connectivity index (χ0v) is 20.5. The molecule has 1 N–H and O–H groups in total. The molecule has 0 saturated heterocycles. The van der Waals surface area contributed by atoms with Gasteiger partial charge in [0, 0.05) is 37.5 Å². The van der Waals surface area contributed by atoms with E-state index < -0.39 is 18.0 Å². The summed E-state index contributed by atoms with van der Waals surface area (Å²) in [5, 5.41) is 9.83. The van der Waals surface area contributed by atoms with E-state index in [4.69, 9.17) is 4.74 Å². The molecule has 2 aromatic heterocycles.